The third-order valence-corrected chi connectivity index (χ3v) is 9.53. The Kier molecular flexibility index (Phi) is 3.92. The number of hydrogen-bond acceptors (Lipinski definition) is 3. The molecule has 4 N–H and O–H groups in total. The Hall–Kier alpha value is -0.120. The van der Waals surface area contributed by atoms with Crippen LogP contribution >= 0.6 is 0 Å². The lowest BCUT2D eigenvalue weighted by Gasteiger charge is -2.63. The Morgan fingerprint density at radius 2 is 1.71 bits per heavy atom. The van der Waals surface area contributed by atoms with Crippen molar-refractivity contribution in [2.75, 3.05) is 0 Å². The van der Waals surface area contributed by atoms with Crippen molar-refractivity contribution in [3.63, 3.8) is 0 Å². The topological polar surface area (TPSA) is 66.5 Å². The van der Waals surface area contributed by atoms with E-state index >= 15 is 0 Å². The van der Waals surface area contributed by atoms with Gasteiger partial charge in [-0.2, -0.15) is 0 Å². The summed E-state index contributed by atoms with van der Waals surface area (Å²) in [5.74, 6) is 2.19. The van der Waals surface area contributed by atoms with Crippen LogP contribution < -0.4 is 5.73 Å². The first-order valence-electron chi connectivity index (χ1n) is 10.4. The van der Waals surface area contributed by atoms with Crippen LogP contribution in [0, 0.1) is 34.5 Å². The molecule has 9 atom stereocenters. The number of aliphatic hydroxyl groups excluding tert-OH is 1. The second-order valence-electron chi connectivity index (χ2n) is 10.3. The van der Waals surface area contributed by atoms with Gasteiger partial charge in [0, 0.05) is 11.5 Å². The second-order valence-corrected chi connectivity index (χ2v) is 10.3. The van der Waals surface area contributed by atoms with Crippen LogP contribution in [-0.2, 0) is 0 Å². The molecule has 0 radical (unpaired) electrons. The van der Waals surface area contributed by atoms with E-state index in [0.29, 0.717) is 29.1 Å². The molecule has 0 aromatic carbocycles. The van der Waals surface area contributed by atoms with Gasteiger partial charge in [0.1, 0.15) is 0 Å². The molecule has 0 aromatic heterocycles. The lowest BCUT2D eigenvalue weighted by atomic mass is 9.43. The summed E-state index contributed by atoms with van der Waals surface area (Å²) in [6.45, 7) is 6.95. The van der Waals surface area contributed by atoms with Crippen molar-refractivity contribution in [2.45, 2.75) is 96.3 Å². The van der Waals surface area contributed by atoms with Gasteiger partial charge in [-0.15, -0.1) is 0 Å². The Morgan fingerprint density at radius 1 is 0.958 bits per heavy atom. The maximum atomic E-state index is 11.9. The molecule has 138 valence electrons. The maximum absolute atomic E-state index is 11.9. The zero-order valence-electron chi connectivity index (χ0n) is 15.8. The van der Waals surface area contributed by atoms with Gasteiger partial charge in [0.05, 0.1) is 11.7 Å². The monoisotopic (exact) mass is 335 g/mol. The zero-order chi connectivity index (χ0) is 17.3. The average Bonchev–Trinajstić information content (AvgIpc) is 2.80. The predicted molar refractivity (Wildman–Crippen MR) is 96.3 cm³/mol. The zero-order valence-corrected chi connectivity index (χ0v) is 15.8. The van der Waals surface area contributed by atoms with Crippen LogP contribution in [0.15, 0.2) is 0 Å². The van der Waals surface area contributed by atoms with Crippen molar-refractivity contribution in [3.05, 3.63) is 0 Å². The van der Waals surface area contributed by atoms with E-state index in [2.05, 4.69) is 20.8 Å². The molecule has 4 fully saturated rings. The molecule has 0 heterocycles. The first-order valence-corrected chi connectivity index (χ1v) is 10.4. The number of rotatable bonds is 1. The maximum Gasteiger partial charge on any atom is 0.0735 e. The lowest BCUT2D eigenvalue weighted by Crippen LogP contribution is -2.63. The summed E-state index contributed by atoms with van der Waals surface area (Å²) in [5.41, 5.74) is 6.13. The summed E-state index contributed by atoms with van der Waals surface area (Å²) >= 11 is 0. The van der Waals surface area contributed by atoms with Gasteiger partial charge in [-0.25, -0.2) is 0 Å². The molecule has 0 saturated heterocycles. The van der Waals surface area contributed by atoms with Crippen LogP contribution in [0.3, 0.4) is 0 Å². The van der Waals surface area contributed by atoms with Gasteiger partial charge >= 0.3 is 0 Å². The SMILES string of the molecule is C[C@H](N)[C@H]1CC[C@]2(O)[C@@H]3CC[C@@H]4C[C@@H](O)CC[C@]4(C)[C@H]3CC[C@]12C. The molecule has 4 rings (SSSR count). The quantitative estimate of drug-likeness (QED) is 0.687. The molecular weight excluding hydrogens is 298 g/mol. The molecule has 0 unspecified atom stereocenters. The number of hydrogen-bond donors (Lipinski definition) is 3. The minimum absolute atomic E-state index is 0.000287. The number of aliphatic hydroxyl groups is 2. The van der Waals surface area contributed by atoms with E-state index in [0.717, 1.165) is 44.9 Å². The van der Waals surface area contributed by atoms with Crippen LogP contribution in [0.1, 0.15) is 78.6 Å². The largest absolute Gasteiger partial charge is 0.393 e. The van der Waals surface area contributed by atoms with Gasteiger partial charge < -0.3 is 15.9 Å². The minimum atomic E-state index is -0.516. The Balaban J connectivity index is 1.66. The molecule has 0 bridgehead atoms. The first kappa shape index (κ1) is 17.3. The number of fused-ring (bicyclic) bond motifs is 5. The average molecular weight is 336 g/mol. The normalized spacial score (nSPS) is 58.5. The highest BCUT2D eigenvalue weighted by Crippen LogP contribution is 2.69. The van der Waals surface area contributed by atoms with E-state index < -0.39 is 5.60 Å². The Morgan fingerprint density at radius 3 is 2.42 bits per heavy atom. The fourth-order valence-corrected chi connectivity index (χ4v) is 8.09. The van der Waals surface area contributed by atoms with Crippen molar-refractivity contribution in [2.24, 2.45) is 40.2 Å². The highest BCUT2D eigenvalue weighted by Gasteiger charge is 2.67. The number of nitrogens with two attached hydrogens (primary N) is 1. The molecule has 0 amide bonds. The fraction of sp³-hybridized carbons (Fsp3) is 1.00. The Bertz CT molecular complexity index is 508. The van der Waals surface area contributed by atoms with Gasteiger partial charge in [0.25, 0.3) is 0 Å². The molecule has 3 nitrogen and oxygen atoms in total. The molecule has 4 aliphatic rings. The van der Waals surface area contributed by atoms with E-state index in [4.69, 9.17) is 5.73 Å². The van der Waals surface area contributed by atoms with E-state index in [9.17, 15) is 10.2 Å². The molecule has 0 aliphatic heterocycles. The molecule has 0 aromatic rings. The highest BCUT2D eigenvalue weighted by molar-refractivity contribution is 5.17. The van der Waals surface area contributed by atoms with Crippen LogP contribution in [0.2, 0.25) is 0 Å². The van der Waals surface area contributed by atoms with Crippen LogP contribution in [-0.4, -0.2) is 28.0 Å². The molecular formula is C21H37NO2. The summed E-state index contributed by atoms with van der Waals surface area (Å²) in [6.07, 6.45) is 9.73. The summed E-state index contributed by atoms with van der Waals surface area (Å²) in [6, 6.07) is 0.178. The molecule has 4 aliphatic carbocycles. The van der Waals surface area contributed by atoms with Crippen molar-refractivity contribution < 1.29 is 10.2 Å². The van der Waals surface area contributed by atoms with Crippen molar-refractivity contribution in [1.82, 2.24) is 0 Å². The third-order valence-electron chi connectivity index (χ3n) is 9.53. The van der Waals surface area contributed by atoms with Crippen LogP contribution in [0.4, 0.5) is 0 Å². The lowest BCUT2D eigenvalue weighted by molar-refractivity contribution is -0.211. The van der Waals surface area contributed by atoms with Gasteiger partial charge in [-0.3, -0.25) is 0 Å². The van der Waals surface area contributed by atoms with Gasteiger partial charge in [0.2, 0.25) is 0 Å². The van der Waals surface area contributed by atoms with Crippen LogP contribution in [0.25, 0.3) is 0 Å². The van der Waals surface area contributed by atoms with Gasteiger partial charge in [0.15, 0.2) is 0 Å². The smallest absolute Gasteiger partial charge is 0.0735 e. The summed E-state index contributed by atoms with van der Waals surface area (Å²) in [4.78, 5) is 0. The highest BCUT2D eigenvalue weighted by atomic mass is 16.3. The van der Waals surface area contributed by atoms with Gasteiger partial charge in [-0.1, -0.05) is 13.8 Å². The van der Waals surface area contributed by atoms with E-state index in [1.54, 1.807) is 0 Å². The predicted octanol–water partition coefficient (Wildman–Crippen LogP) is 3.47. The first-order chi connectivity index (χ1) is 11.2. The van der Waals surface area contributed by atoms with Crippen molar-refractivity contribution in [3.8, 4) is 0 Å². The van der Waals surface area contributed by atoms with E-state index in [1.807, 2.05) is 0 Å². The summed E-state index contributed by atoms with van der Waals surface area (Å²) in [5, 5.41) is 22.1. The molecule has 0 spiro atoms. The minimum Gasteiger partial charge on any atom is -0.393 e. The standard InChI is InChI=1S/C21H37NO2/c1-13(22)16-8-11-21(24)18-5-4-14-12-15(23)6-9-19(14,2)17(18)7-10-20(16,21)3/h13-18,23-24H,4-12,22H2,1-3H3/t13-,14+,15-,16+,17-,18+,19-,20+,21-/m0/s1. The van der Waals surface area contributed by atoms with Crippen LogP contribution in [0.5, 0.6) is 0 Å². The molecule has 3 heteroatoms. The summed E-state index contributed by atoms with van der Waals surface area (Å²) in [7, 11) is 0. The second kappa shape index (κ2) is 5.44. The van der Waals surface area contributed by atoms with Crippen molar-refractivity contribution >= 4 is 0 Å². The third kappa shape index (κ3) is 2.07. The fourth-order valence-electron chi connectivity index (χ4n) is 8.09. The molecule has 24 heavy (non-hydrogen) atoms. The van der Waals surface area contributed by atoms with Crippen molar-refractivity contribution in [1.29, 1.82) is 0 Å². The Labute approximate surface area is 147 Å². The van der Waals surface area contributed by atoms with E-state index in [1.165, 1.54) is 12.8 Å². The molecule has 4 saturated carbocycles. The summed E-state index contributed by atoms with van der Waals surface area (Å²) < 4.78 is 0. The van der Waals surface area contributed by atoms with Gasteiger partial charge in [-0.05, 0) is 93.8 Å². The van der Waals surface area contributed by atoms with E-state index in [-0.39, 0.29) is 17.6 Å².